The van der Waals surface area contributed by atoms with Gasteiger partial charge in [-0.25, -0.2) is 0 Å². The molecule has 0 atom stereocenters. The number of piperidine rings is 1. The molecule has 32 heavy (non-hydrogen) atoms. The number of rotatable bonds is 9. The number of hydrogen-bond acceptors (Lipinski definition) is 6. The highest BCUT2D eigenvalue weighted by Crippen LogP contribution is 2.37. The van der Waals surface area contributed by atoms with Crippen LogP contribution in [0.25, 0.3) is 0 Å². The van der Waals surface area contributed by atoms with E-state index in [-0.39, 0.29) is 17.5 Å². The molecule has 174 valence electrons. The van der Waals surface area contributed by atoms with E-state index in [1.54, 1.807) is 17.2 Å². The summed E-state index contributed by atoms with van der Waals surface area (Å²) in [5, 5.41) is 14.2. The lowest BCUT2D eigenvalue weighted by molar-refractivity contribution is -0.384. The smallest absolute Gasteiger partial charge is 0.416 e. The van der Waals surface area contributed by atoms with Crippen molar-refractivity contribution < 1.29 is 32.0 Å². The molecule has 8 nitrogen and oxygen atoms in total. The number of carbonyl (C=O) groups is 1. The number of halogens is 3. The van der Waals surface area contributed by atoms with E-state index in [0.717, 1.165) is 17.9 Å². The largest absolute Gasteiger partial charge is 0.467 e. The average Bonchev–Trinajstić information content (AvgIpc) is 3.28. The Morgan fingerprint density at radius 2 is 2.03 bits per heavy atom. The number of ether oxygens (including phenoxy) is 1. The van der Waals surface area contributed by atoms with Crippen molar-refractivity contribution in [3.8, 4) is 0 Å². The van der Waals surface area contributed by atoms with E-state index in [9.17, 15) is 28.1 Å². The van der Waals surface area contributed by atoms with Gasteiger partial charge < -0.3 is 19.4 Å². The maximum absolute atomic E-state index is 12.9. The minimum Gasteiger partial charge on any atom is -0.467 e. The van der Waals surface area contributed by atoms with Gasteiger partial charge in [0.25, 0.3) is 5.69 Å². The van der Waals surface area contributed by atoms with Gasteiger partial charge in [0.05, 0.1) is 16.7 Å². The zero-order chi connectivity index (χ0) is 23.1. The molecule has 0 unspecified atom stereocenters. The molecule has 0 aliphatic carbocycles. The first-order chi connectivity index (χ1) is 15.3. The number of nitrogens with one attached hydrogen (secondary N) is 1. The second-order valence-electron chi connectivity index (χ2n) is 7.50. The van der Waals surface area contributed by atoms with E-state index in [2.05, 4.69) is 5.32 Å². The Labute approximate surface area is 182 Å². The fraction of sp³-hybridized carbons (Fsp3) is 0.476. The van der Waals surface area contributed by atoms with Crippen LogP contribution in [-0.2, 0) is 22.3 Å². The van der Waals surface area contributed by atoms with Crippen LogP contribution in [0.5, 0.6) is 0 Å². The zero-order valence-corrected chi connectivity index (χ0v) is 17.3. The predicted molar refractivity (Wildman–Crippen MR) is 109 cm³/mol. The van der Waals surface area contributed by atoms with Gasteiger partial charge in [0.15, 0.2) is 0 Å². The van der Waals surface area contributed by atoms with Gasteiger partial charge in [-0.05, 0) is 43.5 Å². The minimum atomic E-state index is -4.65. The summed E-state index contributed by atoms with van der Waals surface area (Å²) in [6, 6.07) is 6.12. The maximum atomic E-state index is 12.9. The van der Waals surface area contributed by atoms with E-state index in [1.807, 2.05) is 6.07 Å². The van der Waals surface area contributed by atoms with Crippen molar-refractivity contribution in [1.29, 1.82) is 0 Å². The van der Waals surface area contributed by atoms with E-state index in [4.69, 9.17) is 9.15 Å². The molecule has 1 amide bonds. The number of carbonyl (C=O) groups excluding carboxylic acids is 1. The van der Waals surface area contributed by atoms with Gasteiger partial charge >= 0.3 is 6.18 Å². The molecule has 1 N–H and O–H groups in total. The van der Waals surface area contributed by atoms with E-state index >= 15 is 0 Å². The summed E-state index contributed by atoms with van der Waals surface area (Å²) in [5.74, 6) is 0.385. The minimum absolute atomic E-state index is 0.0994. The van der Waals surface area contributed by atoms with Crippen molar-refractivity contribution in [2.45, 2.75) is 32.0 Å². The fourth-order valence-electron chi connectivity index (χ4n) is 3.59. The number of nitrogens with zero attached hydrogens (tertiary/aromatic N) is 2. The van der Waals surface area contributed by atoms with Crippen molar-refractivity contribution in [2.24, 2.45) is 5.92 Å². The molecular weight excluding hydrogens is 431 g/mol. The number of anilines is 1. The van der Waals surface area contributed by atoms with Gasteiger partial charge in [-0.15, -0.1) is 0 Å². The Bertz CT molecular complexity index is 910. The van der Waals surface area contributed by atoms with Crippen LogP contribution in [0.4, 0.5) is 24.5 Å². The SMILES string of the molecule is O=C(NCCCOCc1ccco1)C1CCN(c2ccc(C(F)(F)F)cc2[N+](=O)[O-])CC1. The first kappa shape index (κ1) is 23.6. The number of benzene rings is 1. The Morgan fingerprint density at radius 3 is 2.66 bits per heavy atom. The second kappa shape index (κ2) is 10.5. The molecule has 1 aromatic carbocycles. The van der Waals surface area contributed by atoms with E-state index in [1.165, 1.54) is 0 Å². The van der Waals surface area contributed by atoms with Gasteiger partial charge in [-0.1, -0.05) is 0 Å². The fourth-order valence-corrected chi connectivity index (χ4v) is 3.59. The van der Waals surface area contributed by atoms with Gasteiger partial charge in [-0.2, -0.15) is 13.2 Å². The molecule has 1 fully saturated rings. The molecule has 0 radical (unpaired) electrons. The Hall–Kier alpha value is -3.08. The Balaban J connectivity index is 1.44. The summed E-state index contributed by atoms with van der Waals surface area (Å²) in [7, 11) is 0. The van der Waals surface area contributed by atoms with Gasteiger partial charge in [-0.3, -0.25) is 14.9 Å². The quantitative estimate of drug-likeness (QED) is 0.347. The highest BCUT2D eigenvalue weighted by atomic mass is 19.4. The van der Waals surface area contributed by atoms with Gasteiger partial charge in [0.2, 0.25) is 5.91 Å². The molecular formula is C21H24F3N3O5. The van der Waals surface area contributed by atoms with Crippen LogP contribution in [0.1, 0.15) is 30.6 Å². The van der Waals surface area contributed by atoms with E-state index < -0.39 is 22.4 Å². The lowest BCUT2D eigenvalue weighted by Gasteiger charge is -2.32. The topological polar surface area (TPSA) is 97.8 Å². The van der Waals surface area contributed by atoms with Crippen molar-refractivity contribution in [3.05, 3.63) is 58.0 Å². The number of nitro benzene ring substituents is 1. The molecule has 0 spiro atoms. The molecule has 1 aromatic heterocycles. The summed E-state index contributed by atoms with van der Waals surface area (Å²) in [6.07, 6.45) is -1.53. The molecule has 0 bridgehead atoms. The number of amides is 1. The molecule has 11 heteroatoms. The Kier molecular flexibility index (Phi) is 7.73. The van der Waals surface area contributed by atoms with Crippen molar-refractivity contribution >= 4 is 17.3 Å². The normalized spacial score (nSPS) is 15.0. The number of alkyl halides is 3. The summed E-state index contributed by atoms with van der Waals surface area (Å²) in [6.45, 7) is 1.99. The summed E-state index contributed by atoms with van der Waals surface area (Å²) < 4.78 is 49.3. The number of nitro groups is 1. The molecule has 2 heterocycles. The molecule has 1 aliphatic heterocycles. The van der Waals surface area contributed by atoms with E-state index in [0.29, 0.717) is 58.2 Å². The average molecular weight is 455 g/mol. The van der Waals surface area contributed by atoms with Crippen molar-refractivity contribution in [1.82, 2.24) is 5.32 Å². The first-order valence-electron chi connectivity index (χ1n) is 10.2. The first-order valence-corrected chi connectivity index (χ1v) is 10.2. The third-order valence-corrected chi connectivity index (χ3v) is 5.29. The predicted octanol–water partition coefficient (Wildman–Crippen LogP) is 4.15. The number of hydrogen-bond donors (Lipinski definition) is 1. The third-order valence-electron chi connectivity index (χ3n) is 5.29. The lowest BCUT2D eigenvalue weighted by atomic mass is 9.95. The zero-order valence-electron chi connectivity index (χ0n) is 17.3. The third kappa shape index (κ3) is 6.22. The number of furan rings is 1. The van der Waals surface area contributed by atoms with Gasteiger partial charge in [0, 0.05) is 38.2 Å². The second-order valence-corrected chi connectivity index (χ2v) is 7.50. The van der Waals surface area contributed by atoms with Gasteiger partial charge in [0.1, 0.15) is 18.1 Å². The van der Waals surface area contributed by atoms with Crippen LogP contribution in [0, 0.1) is 16.0 Å². The van der Waals surface area contributed by atoms with Crippen LogP contribution < -0.4 is 10.2 Å². The summed E-state index contributed by atoms with van der Waals surface area (Å²) >= 11 is 0. The Morgan fingerprint density at radius 1 is 1.28 bits per heavy atom. The standard InChI is InChI=1S/C21H24F3N3O5/c22-21(23,24)16-4-5-18(19(13-16)27(29)30)26-9-6-15(7-10-26)20(28)25-8-2-11-31-14-17-3-1-12-32-17/h1,3-5,12-13,15H,2,6-11,14H2,(H,25,28). The van der Waals surface area contributed by atoms with Crippen LogP contribution in [0.2, 0.25) is 0 Å². The monoisotopic (exact) mass is 455 g/mol. The van der Waals surface area contributed by atoms with Crippen LogP contribution in [0.15, 0.2) is 41.0 Å². The molecule has 0 saturated carbocycles. The highest BCUT2D eigenvalue weighted by molar-refractivity contribution is 5.79. The van der Waals surface area contributed by atoms with Crippen LogP contribution in [0.3, 0.4) is 0 Å². The molecule has 3 rings (SSSR count). The molecule has 1 saturated heterocycles. The van der Waals surface area contributed by atoms with Crippen LogP contribution in [-0.4, -0.2) is 37.1 Å². The van der Waals surface area contributed by atoms with Crippen LogP contribution >= 0.6 is 0 Å². The molecule has 2 aromatic rings. The maximum Gasteiger partial charge on any atom is 0.416 e. The highest BCUT2D eigenvalue weighted by Gasteiger charge is 2.34. The van der Waals surface area contributed by atoms with Crippen molar-refractivity contribution in [3.63, 3.8) is 0 Å². The summed E-state index contributed by atoms with van der Waals surface area (Å²) in [4.78, 5) is 24.5. The molecule has 1 aliphatic rings. The summed E-state index contributed by atoms with van der Waals surface area (Å²) in [5.41, 5.74) is -1.51. The lowest BCUT2D eigenvalue weighted by Crippen LogP contribution is -2.41. The van der Waals surface area contributed by atoms with Crippen molar-refractivity contribution in [2.75, 3.05) is 31.1 Å².